The van der Waals surface area contributed by atoms with Crippen LogP contribution < -0.4 is 37.2 Å². The minimum Gasteiger partial charge on any atom is -1.00 e. The number of halogens is 3. The Kier molecular flexibility index (Phi) is 21.3. The van der Waals surface area contributed by atoms with Crippen LogP contribution in [0.3, 0.4) is 0 Å². The largest absolute Gasteiger partial charge is 3.00 e. The van der Waals surface area contributed by atoms with Gasteiger partial charge in [0.2, 0.25) is 0 Å². The Morgan fingerprint density at radius 3 is 1.15 bits per heavy atom. The number of hydrogen-bond donors (Lipinski definition) is 0. The molecule has 0 aliphatic carbocycles. The Morgan fingerprint density at radius 1 is 0.575 bits per heavy atom. The first-order chi connectivity index (χ1) is 17.5. The third-order valence-electron chi connectivity index (χ3n) is 6.35. The van der Waals surface area contributed by atoms with E-state index in [1.165, 1.54) is 33.4 Å². The molecule has 0 aliphatic heterocycles. The zero-order chi connectivity index (χ0) is 25.9. The van der Waals surface area contributed by atoms with Gasteiger partial charge in [0.05, 0.1) is 35.2 Å². The van der Waals surface area contributed by atoms with E-state index in [1.807, 2.05) is 30.6 Å². The fourth-order valence-electron chi connectivity index (χ4n) is 4.91. The van der Waals surface area contributed by atoms with Crippen LogP contribution in [0.4, 0.5) is 11.4 Å². The second-order valence-corrected chi connectivity index (χ2v) is 9.87. The summed E-state index contributed by atoms with van der Waals surface area (Å²) >= 11 is 0. The molecule has 3 aromatic rings. The number of aromatic nitrogens is 1. The summed E-state index contributed by atoms with van der Waals surface area (Å²) < 4.78 is 0. The smallest absolute Gasteiger partial charge is 1.00 e. The van der Waals surface area contributed by atoms with Crippen molar-refractivity contribution in [2.75, 3.05) is 0 Å². The molecule has 1 heterocycles. The van der Waals surface area contributed by atoms with Gasteiger partial charge in [-0.1, -0.05) is 94.8 Å². The summed E-state index contributed by atoms with van der Waals surface area (Å²) in [7, 11) is 0. The van der Waals surface area contributed by atoms with Crippen LogP contribution in [0.5, 0.6) is 0 Å². The number of pyridine rings is 1. The van der Waals surface area contributed by atoms with E-state index < -0.39 is 0 Å². The predicted molar refractivity (Wildman–Crippen MR) is 157 cm³/mol. The molecule has 0 spiro atoms. The van der Waals surface area contributed by atoms with Crippen molar-refractivity contribution in [2.45, 2.75) is 92.9 Å². The van der Waals surface area contributed by atoms with Crippen molar-refractivity contribution in [3.63, 3.8) is 0 Å². The van der Waals surface area contributed by atoms with Crippen molar-refractivity contribution < 1.29 is 54.3 Å². The van der Waals surface area contributed by atoms with Crippen LogP contribution in [0, 0.1) is 13.8 Å². The molecule has 0 saturated heterocycles. The molecule has 0 aliphatic rings. The van der Waals surface area contributed by atoms with Crippen molar-refractivity contribution in [2.24, 2.45) is 9.98 Å². The van der Waals surface area contributed by atoms with Crippen LogP contribution in [0.25, 0.3) is 0 Å². The van der Waals surface area contributed by atoms with Crippen molar-refractivity contribution in [1.29, 1.82) is 0 Å². The van der Waals surface area contributed by atoms with Crippen molar-refractivity contribution in [1.82, 2.24) is 4.98 Å². The number of rotatable bonds is 12. The third kappa shape index (κ3) is 11.7. The Balaban J connectivity index is 0. The predicted octanol–water partition coefficient (Wildman–Crippen LogP) is 0.0191. The van der Waals surface area contributed by atoms with Gasteiger partial charge in [-0.2, -0.15) is 0 Å². The fraction of sp³-hybridized carbons (Fsp3) is 0.424. The first-order valence-corrected chi connectivity index (χ1v) is 13.8. The Labute approximate surface area is 271 Å². The summed E-state index contributed by atoms with van der Waals surface area (Å²) in [4.78, 5) is 14.8. The number of benzene rings is 2. The number of aryl methyl sites for hydroxylation is 6. The number of hydrogen-bond acceptors (Lipinski definition) is 3. The van der Waals surface area contributed by atoms with Crippen LogP contribution >= 0.6 is 0 Å². The first kappa shape index (κ1) is 40.5. The summed E-state index contributed by atoms with van der Waals surface area (Å²) in [6.07, 6.45) is 12.4. The van der Waals surface area contributed by atoms with Gasteiger partial charge in [-0.25, -0.2) is 4.98 Å². The second kappa shape index (κ2) is 21.1. The molecule has 0 saturated carbocycles. The third-order valence-corrected chi connectivity index (χ3v) is 6.35. The Morgan fingerprint density at radius 2 is 0.875 bits per heavy atom. The topological polar surface area (TPSA) is 37.6 Å². The molecule has 219 valence electrons. The van der Waals surface area contributed by atoms with E-state index in [0.29, 0.717) is 0 Å². The molecule has 1 radical (unpaired) electrons. The molecule has 0 amide bonds. The maximum absolute atomic E-state index is 4.97. The SMILES string of the molecule is CCCc1cc(C)cc(CCC)c1N=Cc1cccc(C=Nc2c(CCC)cc(C)cc2CCC)n1.[Cl-].[Cl-].[Cl-].[Fe+3]. The van der Waals surface area contributed by atoms with E-state index in [0.717, 1.165) is 74.1 Å². The number of nitrogens with zero attached hydrogens (tertiary/aromatic N) is 3. The van der Waals surface area contributed by atoms with E-state index in [2.05, 4.69) is 65.8 Å². The van der Waals surface area contributed by atoms with Crippen LogP contribution in [-0.2, 0) is 42.8 Å². The van der Waals surface area contributed by atoms with Gasteiger partial charge < -0.3 is 37.2 Å². The summed E-state index contributed by atoms with van der Waals surface area (Å²) in [6, 6.07) is 15.2. The fourth-order valence-corrected chi connectivity index (χ4v) is 4.91. The van der Waals surface area contributed by atoms with Crippen LogP contribution in [0.15, 0.2) is 52.4 Å². The van der Waals surface area contributed by atoms with Gasteiger partial charge in [0.25, 0.3) is 0 Å². The minimum atomic E-state index is 0. The monoisotopic (exact) mass is 642 g/mol. The summed E-state index contributed by atoms with van der Waals surface area (Å²) in [5.41, 5.74) is 11.9. The van der Waals surface area contributed by atoms with E-state index in [1.54, 1.807) is 0 Å². The van der Waals surface area contributed by atoms with Crippen molar-refractivity contribution >= 4 is 23.8 Å². The molecule has 0 fully saturated rings. The average Bonchev–Trinajstić information content (AvgIpc) is 2.84. The molecular weight excluding hydrogens is 601 g/mol. The molecule has 0 bridgehead atoms. The zero-order valence-electron chi connectivity index (χ0n) is 24.7. The van der Waals surface area contributed by atoms with Gasteiger partial charge in [0, 0.05) is 0 Å². The van der Waals surface area contributed by atoms with Crippen LogP contribution in [0.2, 0.25) is 0 Å². The normalized spacial score (nSPS) is 10.6. The van der Waals surface area contributed by atoms with Gasteiger partial charge in [-0.05, 0) is 73.9 Å². The number of aliphatic imine (C=N–C) groups is 2. The molecule has 0 N–H and O–H groups in total. The quantitative estimate of drug-likeness (QED) is 0.203. The molecule has 3 rings (SSSR count). The minimum absolute atomic E-state index is 0. The van der Waals surface area contributed by atoms with E-state index in [9.17, 15) is 0 Å². The Bertz CT molecular complexity index is 1080. The average molecular weight is 644 g/mol. The van der Waals surface area contributed by atoms with Crippen molar-refractivity contribution in [3.05, 3.63) is 87.2 Å². The summed E-state index contributed by atoms with van der Waals surface area (Å²) in [5, 5.41) is 0. The summed E-state index contributed by atoms with van der Waals surface area (Å²) in [6.45, 7) is 13.3. The standard InChI is InChI=1S/C33H43N3.3ClH.Fe/c1-7-12-26-18-24(5)19-27(13-8-2)32(26)34-22-30-16-11-17-31(36-30)23-35-33-28(14-9-3)20-25(6)21-29(33)15-10-4;;;;/h11,16-23H,7-10,12-15H2,1-6H3;3*1H;/q;;;;+3/p-3. The maximum Gasteiger partial charge on any atom is 3.00 e. The van der Waals surface area contributed by atoms with Crippen LogP contribution in [0.1, 0.15) is 98.1 Å². The second-order valence-electron chi connectivity index (χ2n) is 9.87. The molecule has 7 heteroatoms. The van der Waals surface area contributed by atoms with E-state index >= 15 is 0 Å². The molecule has 1 aromatic heterocycles. The van der Waals surface area contributed by atoms with Gasteiger partial charge in [-0.15, -0.1) is 0 Å². The summed E-state index contributed by atoms with van der Waals surface area (Å²) in [5.74, 6) is 0. The van der Waals surface area contributed by atoms with Gasteiger partial charge in [0.15, 0.2) is 0 Å². The molecular formula is C33H43Cl3FeN3. The molecule has 40 heavy (non-hydrogen) atoms. The molecule has 2 aromatic carbocycles. The van der Waals surface area contributed by atoms with Gasteiger partial charge >= 0.3 is 17.1 Å². The van der Waals surface area contributed by atoms with Crippen molar-refractivity contribution in [3.8, 4) is 0 Å². The van der Waals surface area contributed by atoms with Crippen LogP contribution in [-0.4, -0.2) is 17.4 Å². The Hall–Kier alpha value is -1.68. The van der Waals surface area contributed by atoms with E-state index in [-0.39, 0.29) is 54.3 Å². The van der Waals surface area contributed by atoms with Gasteiger partial charge in [-0.3, -0.25) is 9.98 Å². The first-order valence-electron chi connectivity index (χ1n) is 13.8. The molecule has 3 nitrogen and oxygen atoms in total. The molecule has 0 atom stereocenters. The van der Waals surface area contributed by atoms with E-state index in [4.69, 9.17) is 15.0 Å². The zero-order valence-corrected chi connectivity index (χ0v) is 28.1. The maximum atomic E-state index is 4.97. The molecule has 0 unspecified atom stereocenters. The van der Waals surface area contributed by atoms with Gasteiger partial charge in [0.1, 0.15) is 0 Å².